The number of ether oxygens (including phenoxy) is 1. The molecule has 0 fully saturated rings. The van der Waals surface area contributed by atoms with Gasteiger partial charge in [0.25, 0.3) is 0 Å². The Morgan fingerprint density at radius 1 is 1.32 bits per heavy atom. The summed E-state index contributed by atoms with van der Waals surface area (Å²) in [6.07, 6.45) is 0.699. The van der Waals surface area contributed by atoms with Gasteiger partial charge in [-0.15, -0.1) is 0 Å². The molecule has 1 aromatic rings. The molecule has 0 saturated carbocycles. The van der Waals surface area contributed by atoms with Crippen molar-refractivity contribution in [2.24, 2.45) is 0 Å². The number of esters is 1. The molecule has 1 rings (SSSR count). The molecule has 1 aromatic carbocycles. The summed E-state index contributed by atoms with van der Waals surface area (Å²) in [5, 5.41) is 2.97. The van der Waals surface area contributed by atoms with Crippen LogP contribution in [0.15, 0.2) is 12.1 Å². The van der Waals surface area contributed by atoms with Crippen molar-refractivity contribution in [2.45, 2.75) is 25.8 Å². The third-order valence-corrected chi connectivity index (χ3v) is 2.65. The highest BCUT2D eigenvalue weighted by molar-refractivity contribution is 5.70. The number of hydrogen-bond acceptors (Lipinski definition) is 3. The second kappa shape index (κ2) is 7.13. The number of hydrogen-bond donors (Lipinski definition) is 1. The zero-order valence-corrected chi connectivity index (χ0v) is 10.8. The Bertz CT molecular complexity index is 429. The lowest BCUT2D eigenvalue weighted by Crippen LogP contribution is -2.25. The van der Waals surface area contributed by atoms with Crippen LogP contribution >= 0.6 is 0 Å². The Balaban J connectivity index is 2.99. The Hall–Kier alpha value is -1.56. The molecule has 6 heteroatoms. The predicted octanol–water partition coefficient (Wildman–Crippen LogP) is 2.71. The van der Waals surface area contributed by atoms with E-state index in [4.69, 9.17) is 0 Å². The first-order valence-electron chi connectivity index (χ1n) is 5.94. The number of carbonyl (C=O) groups excluding carboxylic acids is 1. The number of rotatable bonds is 6. The fourth-order valence-corrected chi connectivity index (χ4v) is 1.65. The minimum Gasteiger partial charge on any atom is -0.469 e. The number of methoxy groups -OCH3 is 1. The normalized spacial score (nSPS) is 12.3. The molecule has 0 aliphatic heterocycles. The van der Waals surface area contributed by atoms with Gasteiger partial charge in [0.05, 0.1) is 13.5 Å². The van der Waals surface area contributed by atoms with Crippen molar-refractivity contribution in [3.8, 4) is 0 Å². The average Bonchev–Trinajstić information content (AvgIpc) is 2.39. The van der Waals surface area contributed by atoms with E-state index in [0.29, 0.717) is 6.54 Å². The lowest BCUT2D eigenvalue weighted by molar-refractivity contribution is -0.141. The third-order valence-electron chi connectivity index (χ3n) is 2.65. The first-order valence-corrected chi connectivity index (χ1v) is 5.94. The van der Waals surface area contributed by atoms with Crippen molar-refractivity contribution in [3.05, 3.63) is 35.1 Å². The first kappa shape index (κ1) is 15.5. The summed E-state index contributed by atoms with van der Waals surface area (Å²) in [7, 11) is 1.23. The Morgan fingerprint density at radius 2 is 1.89 bits per heavy atom. The second-order valence-electron chi connectivity index (χ2n) is 4.09. The van der Waals surface area contributed by atoms with Crippen molar-refractivity contribution < 1.29 is 22.7 Å². The quantitative estimate of drug-likeness (QED) is 0.641. The molecule has 0 bridgehead atoms. The standard InChI is InChI=1S/C13H16F3NO2/c1-3-4-17-11(7-12(18)19-2)8-5-9(14)13(16)10(15)6-8/h5-6,11,17H,3-4,7H2,1-2H3. The maximum atomic E-state index is 13.2. The molecule has 1 N–H and O–H groups in total. The monoisotopic (exact) mass is 275 g/mol. The molecule has 0 aromatic heterocycles. The zero-order valence-electron chi connectivity index (χ0n) is 10.8. The summed E-state index contributed by atoms with van der Waals surface area (Å²) >= 11 is 0. The molecule has 0 heterocycles. The smallest absolute Gasteiger partial charge is 0.307 e. The summed E-state index contributed by atoms with van der Waals surface area (Å²) in [6.45, 7) is 2.47. The van der Waals surface area contributed by atoms with Crippen LogP contribution in [0.2, 0.25) is 0 Å². The number of halogens is 3. The molecule has 3 nitrogen and oxygen atoms in total. The van der Waals surface area contributed by atoms with E-state index >= 15 is 0 Å². The van der Waals surface area contributed by atoms with Gasteiger partial charge in [-0.3, -0.25) is 4.79 Å². The van der Waals surface area contributed by atoms with Gasteiger partial charge in [0, 0.05) is 6.04 Å². The summed E-state index contributed by atoms with van der Waals surface area (Å²) < 4.78 is 43.8. The van der Waals surface area contributed by atoms with E-state index in [2.05, 4.69) is 10.1 Å². The first-order chi connectivity index (χ1) is 8.99. The second-order valence-corrected chi connectivity index (χ2v) is 4.09. The van der Waals surface area contributed by atoms with Gasteiger partial charge in [-0.1, -0.05) is 6.92 Å². The van der Waals surface area contributed by atoms with Crippen LogP contribution in [0.4, 0.5) is 13.2 Å². The van der Waals surface area contributed by atoms with Crippen LogP contribution < -0.4 is 5.32 Å². The van der Waals surface area contributed by atoms with Crippen molar-refractivity contribution in [2.75, 3.05) is 13.7 Å². The summed E-state index contributed by atoms with van der Waals surface area (Å²) in [5.74, 6) is -4.58. The molecule has 0 radical (unpaired) electrons. The van der Waals surface area contributed by atoms with Gasteiger partial charge in [-0.25, -0.2) is 13.2 Å². The van der Waals surface area contributed by atoms with Crippen molar-refractivity contribution in [1.82, 2.24) is 5.32 Å². The van der Waals surface area contributed by atoms with Gasteiger partial charge in [0.1, 0.15) is 0 Å². The molecule has 0 aliphatic carbocycles. The topological polar surface area (TPSA) is 38.3 Å². The van der Waals surface area contributed by atoms with Crippen LogP contribution in [0.25, 0.3) is 0 Å². The maximum absolute atomic E-state index is 13.2. The predicted molar refractivity (Wildman–Crippen MR) is 64.0 cm³/mol. The lowest BCUT2D eigenvalue weighted by atomic mass is 10.0. The minimum atomic E-state index is -1.52. The van der Waals surface area contributed by atoms with Crippen LogP contribution in [0, 0.1) is 17.5 Å². The van der Waals surface area contributed by atoms with Gasteiger partial charge in [-0.2, -0.15) is 0 Å². The Kier molecular flexibility index (Phi) is 5.82. The van der Waals surface area contributed by atoms with Gasteiger partial charge in [-0.05, 0) is 30.7 Å². The molecular formula is C13H16F3NO2. The zero-order chi connectivity index (χ0) is 14.4. The number of benzene rings is 1. The molecule has 0 aliphatic rings. The fraction of sp³-hybridized carbons (Fsp3) is 0.462. The third kappa shape index (κ3) is 4.24. The number of nitrogens with one attached hydrogen (secondary N) is 1. The molecule has 0 saturated heterocycles. The van der Waals surface area contributed by atoms with Crippen molar-refractivity contribution in [1.29, 1.82) is 0 Å². The highest BCUT2D eigenvalue weighted by Crippen LogP contribution is 2.22. The minimum absolute atomic E-state index is 0.0823. The van der Waals surface area contributed by atoms with Crippen LogP contribution in [-0.4, -0.2) is 19.6 Å². The van der Waals surface area contributed by atoms with E-state index in [9.17, 15) is 18.0 Å². The van der Waals surface area contributed by atoms with E-state index < -0.39 is 29.5 Å². The SMILES string of the molecule is CCCNC(CC(=O)OC)c1cc(F)c(F)c(F)c1. The maximum Gasteiger partial charge on any atom is 0.307 e. The van der Waals surface area contributed by atoms with Gasteiger partial charge < -0.3 is 10.1 Å². The summed E-state index contributed by atoms with van der Waals surface area (Å²) in [6, 6.07) is 1.15. The largest absolute Gasteiger partial charge is 0.469 e. The van der Waals surface area contributed by atoms with Crippen LogP contribution in [0.3, 0.4) is 0 Å². The molecular weight excluding hydrogens is 259 g/mol. The van der Waals surface area contributed by atoms with E-state index in [1.54, 1.807) is 0 Å². The van der Waals surface area contributed by atoms with E-state index in [-0.39, 0.29) is 12.0 Å². The lowest BCUT2D eigenvalue weighted by Gasteiger charge is -2.18. The highest BCUT2D eigenvalue weighted by Gasteiger charge is 2.19. The van der Waals surface area contributed by atoms with Crippen LogP contribution in [0.1, 0.15) is 31.4 Å². The molecule has 0 spiro atoms. The highest BCUT2D eigenvalue weighted by atomic mass is 19.2. The molecule has 19 heavy (non-hydrogen) atoms. The van der Waals surface area contributed by atoms with Gasteiger partial charge in [0.2, 0.25) is 0 Å². The summed E-state index contributed by atoms with van der Waals surface area (Å²) in [4.78, 5) is 11.3. The van der Waals surface area contributed by atoms with E-state index in [1.165, 1.54) is 7.11 Å². The molecule has 1 atom stereocenters. The summed E-state index contributed by atoms with van der Waals surface area (Å²) in [5.41, 5.74) is 0.176. The molecule has 106 valence electrons. The molecule has 0 amide bonds. The van der Waals surface area contributed by atoms with Crippen molar-refractivity contribution in [3.63, 3.8) is 0 Å². The van der Waals surface area contributed by atoms with Gasteiger partial charge in [0.15, 0.2) is 17.5 Å². The van der Waals surface area contributed by atoms with Crippen LogP contribution in [-0.2, 0) is 9.53 Å². The molecule has 1 unspecified atom stereocenters. The number of carbonyl (C=O) groups is 1. The van der Waals surface area contributed by atoms with E-state index in [1.807, 2.05) is 6.92 Å². The van der Waals surface area contributed by atoms with E-state index in [0.717, 1.165) is 18.6 Å². The fourth-order valence-electron chi connectivity index (χ4n) is 1.65. The Labute approximate surface area is 109 Å². The van der Waals surface area contributed by atoms with Gasteiger partial charge >= 0.3 is 5.97 Å². The van der Waals surface area contributed by atoms with Crippen LogP contribution in [0.5, 0.6) is 0 Å². The Morgan fingerprint density at radius 3 is 2.37 bits per heavy atom. The average molecular weight is 275 g/mol. The van der Waals surface area contributed by atoms with Crippen molar-refractivity contribution >= 4 is 5.97 Å².